The lowest BCUT2D eigenvalue weighted by Crippen LogP contribution is -2.54. The smallest absolute Gasteiger partial charge is 0.297 e. The molecule has 5 aromatic carbocycles. The number of rotatable bonds is 37. The van der Waals surface area contributed by atoms with E-state index in [1.807, 2.05) is 116 Å². The van der Waals surface area contributed by atoms with Crippen molar-refractivity contribution in [2.45, 2.75) is 49.6 Å². The number of aryl methyl sites for hydroxylation is 1. The molecule has 0 aliphatic carbocycles. The number of nitrogens with zero attached hydrogens (tertiary/aromatic N) is 6. The summed E-state index contributed by atoms with van der Waals surface area (Å²) >= 11 is 0. The Kier molecular flexibility index (Phi) is 30.2. The lowest BCUT2D eigenvalue weighted by Gasteiger charge is -2.27. The number of phenolic OH excluding ortho intramolecular Hbond substituents is 1. The van der Waals surface area contributed by atoms with Crippen molar-refractivity contribution in [2.24, 2.45) is 0 Å². The van der Waals surface area contributed by atoms with E-state index in [4.69, 9.17) is 66.3 Å². The van der Waals surface area contributed by atoms with Crippen molar-refractivity contribution in [2.75, 3.05) is 120 Å². The molecule has 8 heterocycles. The highest BCUT2D eigenvalue weighted by Crippen LogP contribution is 2.33. The zero-order valence-corrected chi connectivity index (χ0v) is 64.0. The molecule has 8 amide bonds. The van der Waals surface area contributed by atoms with Gasteiger partial charge in [0.25, 0.3) is 33.7 Å². The molecule has 2 unspecified atom stereocenters. The standard InChI is InChI=1S/C38H38N4O10.C32H36N2O8S.C13H10N2O5/c1-47-35-22-25(12-13-39-35)2-4-27-5-3-26-23-28(7-9-32(26)40-27)51-20-18-49-16-14-48-15-17-50-19-21-52-29-6-8-30-31(24-29)38(46)42(37(30)45)33-10-11-34(43)41-36(33)44;1-25-3-10-30(11-4-25)43(35,36)42-22-20-40-18-16-38-15-17-39-19-21-41-29-9-12-31-27(24-29)6-8-28(34-31)7-5-26-13-14-33-32(23-26)37-2;16-6-1-2-7-8(5-6)13(20)15(12(7)19)9-3-4-10(17)14-11(9)18/h2-9,12-13,22-24,33H,10-11,14-21H2,1H3,(H,41,43,44);3-14,23-24H,15-22H2,1-2H3;1-2,5,9,16H,3-4H2,(H,14,17,18)/b4-2+;7-5+;. The van der Waals surface area contributed by atoms with Gasteiger partial charge >= 0.3 is 0 Å². The molecular formula is C83H84N8O23S. The third-order valence-corrected chi connectivity index (χ3v) is 19.1. The van der Waals surface area contributed by atoms with Gasteiger partial charge in [0, 0.05) is 48.1 Å². The molecule has 3 N–H and O–H groups in total. The molecule has 2 atom stereocenters. The molecule has 2 saturated heterocycles. The summed E-state index contributed by atoms with van der Waals surface area (Å²) in [4.78, 5) is 116. The summed E-state index contributed by atoms with van der Waals surface area (Å²) in [6, 6.07) is 39.9. The van der Waals surface area contributed by atoms with Gasteiger partial charge in [-0.25, -0.2) is 19.9 Å². The van der Waals surface area contributed by atoms with Crippen LogP contribution in [0.3, 0.4) is 0 Å². The van der Waals surface area contributed by atoms with E-state index in [0.717, 1.165) is 71.2 Å². The Morgan fingerprint density at radius 3 is 1.25 bits per heavy atom. The van der Waals surface area contributed by atoms with Crippen LogP contribution in [-0.2, 0) is 61.9 Å². The number of nitrogens with one attached hydrogen (secondary N) is 2. The Balaban J connectivity index is 0.000000185. The average Bonchev–Trinajstić information content (AvgIpc) is 1.61. The Morgan fingerprint density at radius 2 is 0.817 bits per heavy atom. The molecule has 4 aliphatic rings. The SMILES string of the molecule is COc1cc(/C=C/c2ccc3cc(OCCOCCOCCOCCOS(=O)(=O)c4ccc(C)cc4)ccc3n2)ccn1.COc1cc(/C=C/c2ccc3cc(OCCOCCOCCOCCOc4ccc5c(c4)C(=O)N(C4CCC(=O)NC4=O)C5=O)ccc3n2)ccn1.O=C1CCC(N2C(=O)c3ccc(O)cc3C2=O)C(=O)N1. The Hall–Kier alpha value is -12.3. The van der Waals surface area contributed by atoms with E-state index in [9.17, 15) is 51.9 Å². The average molecular weight is 1590 g/mol. The van der Waals surface area contributed by atoms with Gasteiger partial charge in [-0.2, -0.15) is 8.42 Å². The minimum Gasteiger partial charge on any atom is -0.508 e. The number of benzene rings is 5. The lowest BCUT2D eigenvalue weighted by molar-refractivity contribution is -0.137. The van der Waals surface area contributed by atoms with E-state index in [-0.39, 0.29) is 85.0 Å². The number of piperidine rings is 2. The van der Waals surface area contributed by atoms with Gasteiger partial charge in [-0.15, -0.1) is 0 Å². The first-order chi connectivity index (χ1) is 55.8. The molecule has 2 fully saturated rings. The van der Waals surface area contributed by atoms with Crippen LogP contribution in [0.1, 0.15) is 95.2 Å². The number of hydrogen-bond acceptors (Lipinski definition) is 27. The monoisotopic (exact) mass is 1590 g/mol. The van der Waals surface area contributed by atoms with Crippen LogP contribution >= 0.6 is 0 Å². The number of amides is 8. The molecule has 4 aliphatic heterocycles. The zero-order chi connectivity index (χ0) is 81.1. The molecular weight excluding hydrogens is 1510 g/mol. The van der Waals surface area contributed by atoms with Gasteiger partial charge in [0.05, 0.1) is 150 Å². The van der Waals surface area contributed by atoms with Crippen molar-refractivity contribution < 1.29 is 108 Å². The molecule has 31 nitrogen and oxygen atoms in total. The molecule has 0 spiro atoms. The maximum absolute atomic E-state index is 12.9. The van der Waals surface area contributed by atoms with Crippen molar-refractivity contribution in [3.05, 3.63) is 208 Å². The summed E-state index contributed by atoms with van der Waals surface area (Å²) in [7, 11) is -0.597. The number of phenols is 1. The first-order valence-corrected chi connectivity index (χ1v) is 38.1. The van der Waals surface area contributed by atoms with E-state index in [0.29, 0.717) is 96.8 Å². The van der Waals surface area contributed by atoms with Gasteiger partial charge in [0.15, 0.2) is 0 Å². The van der Waals surface area contributed by atoms with Crippen LogP contribution in [-0.4, -0.2) is 223 Å². The molecule has 0 bridgehead atoms. The fourth-order valence-electron chi connectivity index (χ4n) is 12.0. The van der Waals surface area contributed by atoms with Crippen LogP contribution in [0.25, 0.3) is 46.1 Å². The summed E-state index contributed by atoms with van der Waals surface area (Å²) in [6.45, 7) is 7.20. The number of ether oxygens (including phenoxy) is 11. The summed E-state index contributed by atoms with van der Waals surface area (Å²) < 4.78 is 90.0. The van der Waals surface area contributed by atoms with Crippen molar-refractivity contribution in [3.8, 4) is 34.8 Å². The Bertz CT molecular complexity index is 5160. The largest absolute Gasteiger partial charge is 0.508 e. The highest BCUT2D eigenvalue weighted by molar-refractivity contribution is 7.86. The third kappa shape index (κ3) is 23.7. The van der Waals surface area contributed by atoms with Crippen molar-refractivity contribution in [1.29, 1.82) is 0 Å². The van der Waals surface area contributed by atoms with Gasteiger partial charge < -0.3 is 57.2 Å². The van der Waals surface area contributed by atoms with Crippen LogP contribution in [0, 0.1) is 6.92 Å². The summed E-state index contributed by atoms with van der Waals surface area (Å²) in [5, 5.41) is 15.6. The molecule has 0 radical (unpaired) electrons. The highest BCUT2D eigenvalue weighted by Gasteiger charge is 2.46. The third-order valence-electron chi connectivity index (χ3n) is 17.8. The molecule has 9 aromatic rings. The van der Waals surface area contributed by atoms with Crippen LogP contribution in [0.5, 0.6) is 34.8 Å². The van der Waals surface area contributed by atoms with E-state index in [1.165, 1.54) is 42.5 Å². The van der Waals surface area contributed by atoms with Gasteiger partial charge in [-0.1, -0.05) is 42.0 Å². The van der Waals surface area contributed by atoms with E-state index in [2.05, 4.69) is 20.6 Å². The van der Waals surface area contributed by atoms with Crippen LogP contribution in [0.4, 0.5) is 0 Å². The number of hydrogen-bond donors (Lipinski definition) is 3. The maximum atomic E-state index is 12.9. The molecule has 115 heavy (non-hydrogen) atoms. The fourth-order valence-corrected chi connectivity index (χ4v) is 12.9. The minimum absolute atomic E-state index is 0.0608. The topological polar surface area (TPSA) is 384 Å². The number of carbonyl (C=O) groups excluding carboxylic acids is 8. The van der Waals surface area contributed by atoms with E-state index < -0.39 is 69.5 Å². The number of aromatic nitrogens is 4. The Morgan fingerprint density at radius 1 is 0.426 bits per heavy atom. The molecule has 13 rings (SSSR count). The zero-order valence-electron chi connectivity index (χ0n) is 63.1. The maximum Gasteiger partial charge on any atom is 0.297 e. The summed E-state index contributed by atoms with van der Waals surface area (Å²) in [5.41, 5.74) is 6.92. The van der Waals surface area contributed by atoms with Gasteiger partial charge in [0.1, 0.15) is 54.9 Å². The second-order valence-corrected chi connectivity index (χ2v) is 27.4. The number of imide groups is 4. The number of carbonyl (C=O) groups is 8. The first-order valence-electron chi connectivity index (χ1n) is 36.7. The van der Waals surface area contributed by atoms with E-state index >= 15 is 0 Å². The minimum atomic E-state index is -3.78. The van der Waals surface area contributed by atoms with Gasteiger partial charge in [0.2, 0.25) is 35.4 Å². The van der Waals surface area contributed by atoms with Crippen LogP contribution in [0.15, 0.2) is 163 Å². The first kappa shape index (κ1) is 83.7. The predicted molar refractivity (Wildman–Crippen MR) is 417 cm³/mol. The van der Waals surface area contributed by atoms with Crippen molar-refractivity contribution >= 4 is 103 Å². The number of fused-ring (bicyclic) bond motifs is 4. The number of aromatic hydroxyl groups is 1. The van der Waals surface area contributed by atoms with Gasteiger partial charge in [-0.05, 0) is 152 Å². The second kappa shape index (κ2) is 41.5. The lowest BCUT2D eigenvalue weighted by atomic mass is 10.0. The van der Waals surface area contributed by atoms with Crippen LogP contribution in [0.2, 0.25) is 0 Å². The normalized spacial score (nSPS) is 15.3. The molecule has 600 valence electrons. The highest BCUT2D eigenvalue weighted by atomic mass is 32.2. The molecule has 32 heteroatoms. The Labute approximate surface area is 661 Å². The number of pyridine rings is 4. The second-order valence-electron chi connectivity index (χ2n) is 25.8. The fraction of sp³-hybridized carbons (Fsp3) is 0.301. The summed E-state index contributed by atoms with van der Waals surface area (Å²) in [6.07, 6.45) is 11.6. The molecule has 0 saturated carbocycles. The molecule has 4 aromatic heterocycles. The van der Waals surface area contributed by atoms with Crippen molar-refractivity contribution in [1.82, 2.24) is 40.4 Å². The van der Waals surface area contributed by atoms with Crippen LogP contribution < -0.4 is 34.3 Å². The van der Waals surface area contributed by atoms with E-state index in [1.54, 1.807) is 44.8 Å². The summed E-state index contributed by atoms with van der Waals surface area (Å²) in [5.74, 6) is -1.64. The van der Waals surface area contributed by atoms with Gasteiger partial charge in [-0.3, -0.25) is 63.0 Å². The quantitative estimate of drug-likeness (QED) is 0.0187. The number of methoxy groups -OCH3 is 2. The predicted octanol–water partition coefficient (Wildman–Crippen LogP) is 8.46. The van der Waals surface area contributed by atoms with Crippen molar-refractivity contribution in [3.63, 3.8) is 0 Å².